The molecular formula is C16H15N3O2. The number of nitrogens with zero attached hydrogens (tertiary/aromatic N) is 3. The monoisotopic (exact) mass is 281 g/mol. The van der Waals surface area contributed by atoms with E-state index in [-0.39, 0.29) is 5.97 Å². The summed E-state index contributed by atoms with van der Waals surface area (Å²) < 4.78 is 6.64. The number of aryl methyl sites for hydroxylation is 1. The van der Waals surface area contributed by atoms with Crippen molar-refractivity contribution in [1.82, 2.24) is 14.5 Å². The van der Waals surface area contributed by atoms with Crippen molar-refractivity contribution in [3.8, 4) is 0 Å². The van der Waals surface area contributed by atoms with E-state index in [9.17, 15) is 4.79 Å². The molecule has 0 aliphatic heterocycles. The molecular weight excluding hydrogens is 266 g/mol. The van der Waals surface area contributed by atoms with Gasteiger partial charge in [-0.05, 0) is 30.7 Å². The Morgan fingerprint density at radius 2 is 2.14 bits per heavy atom. The highest BCUT2D eigenvalue weighted by Crippen LogP contribution is 2.16. The summed E-state index contributed by atoms with van der Waals surface area (Å²) in [6, 6.07) is 10.00. The minimum atomic E-state index is -0.377. The molecule has 106 valence electrons. The topological polar surface area (TPSA) is 57.0 Å². The minimum Gasteiger partial charge on any atom is -0.464 e. The maximum absolute atomic E-state index is 11.8. The number of rotatable bonds is 3. The van der Waals surface area contributed by atoms with Crippen molar-refractivity contribution in [3.05, 3.63) is 59.8 Å². The Morgan fingerprint density at radius 1 is 1.29 bits per heavy atom. The largest absolute Gasteiger partial charge is 0.464 e. The summed E-state index contributed by atoms with van der Waals surface area (Å²) in [4.78, 5) is 20.3. The average Bonchev–Trinajstić information content (AvgIpc) is 2.87. The van der Waals surface area contributed by atoms with Gasteiger partial charge in [0.15, 0.2) is 0 Å². The first-order valence-electron chi connectivity index (χ1n) is 6.63. The molecule has 0 radical (unpaired) electrons. The van der Waals surface area contributed by atoms with Crippen LogP contribution in [0.5, 0.6) is 0 Å². The SMILES string of the molecule is COC(=O)c1cnc(C)n1Cc1ccc2ncccc2c1. The Bertz CT molecular complexity index is 808. The summed E-state index contributed by atoms with van der Waals surface area (Å²) >= 11 is 0. The first kappa shape index (κ1) is 13.3. The quantitative estimate of drug-likeness (QED) is 0.692. The molecule has 0 spiro atoms. The molecule has 0 atom stereocenters. The summed E-state index contributed by atoms with van der Waals surface area (Å²) in [6.07, 6.45) is 3.32. The second kappa shape index (κ2) is 5.36. The van der Waals surface area contributed by atoms with Crippen LogP contribution in [-0.2, 0) is 11.3 Å². The zero-order valence-electron chi connectivity index (χ0n) is 11.9. The number of fused-ring (bicyclic) bond motifs is 1. The molecule has 3 aromatic rings. The molecule has 2 aromatic heterocycles. The zero-order chi connectivity index (χ0) is 14.8. The van der Waals surface area contributed by atoms with Crippen LogP contribution < -0.4 is 0 Å². The minimum absolute atomic E-state index is 0.377. The normalized spacial score (nSPS) is 10.8. The van der Waals surface area contributed by atoms with E-state index in [0.717, 1.165) is 22.3 Å². The highest BCUT2D eigenvalue weighted by atomic mass is 16.5. The van der Waals surface area contributed by atoms with Gasteiger partial charge in [-0.2, -0.15) is 0 Å². The lowest BCUT2D eigenvalue weighted by Gasteiger charge is -2.10. The number of hydrogen-bond donors (Lipinski definition) is 0. The highest BCUT2D eigenvalue weighted by Gasteiger charge is 2.15. The fraction of sp³-hybridized carbons (Fsp3) is 0.188. The van der Waals surface area contributed by atoms with Crippen LogP contribution in [0.4, 0.5) is 0 Å². The molecule has 3 rings (SSSR count). The number of ether oxygens (including phenoxy) is 1. The molecule has 0 bridgehead atoms. The summed E-state index contributed by atoms with van der Waals surface area (Å²) in [5.41, 5.74) is 2.50. The Hall–Kier alpha value is -2.69. The van der Waals surface area contributed by atoms with Crippen LogP contribution >= 0.6 is 0 Å². The highest BCUT2D eigenvalue weighted by molar-refractivity contribution is 5.87. The second-order valence-corrected chi connectivity index (χ2v) is 4.80. The van der Waals surface area contributed by atoms with Gasteiger partial charge >= 0.3 is 5.97 Å². The van der Waals surface area contributed by atoms with E-state index in [0.29, 0.717) is 12.2 Å². The van der Waals surface area contributed by atoms with Gasteiger partial charge in [0, 0.05) is 18.1 Å². The molecule has 0 N–H and O–H groups in total. The van der Waals surface area contributed by atoms with Crippen LogP contribution in [0.3, 0.4) is 0 Å². The van der Waals surface area contributed by atoms with Crippen LogP contribution in [0.1, 0.15) is 21.9 Å². The summed E-state index contributed by atoms with van der Waals surface area (Å²) in [6.45, 7) is 2.44. The zero-order valence-corrected chi connectivity index (χ0v) is 11.9. The molecule has 0 amide bonds. The van der Waals surface area contributed by atoms with Crippen molar-refractivity contribution >= 4 is 16.9 Å². The average molecular weight is 281 g/mol. The lowest BCUT2D eigenvalue weighted by molar-refractivity contribution is 0.0588. The predicted molar refractivity (Wildman–Crippen MR) is 79.1 cm³/mol. The molecule has 5 heteroatoms. The third-order valence-corrected chi connectivity index (χ3v) is 3.46. The van der Waals surface area contributed by atoms with Gasteiger partial charge in [0.25, 0.3) is 0 Å². The van der Waals surface area contributed by atoms with Gasteiger partial charge in [-0.3, -0.25) is 4.98 Å². The van der Waals surface area contributed by atoms with E-state index in [2.05, 4.69) is 16.0 Å². The van der Waals surface area contributed by atoms with E-state index in [4.69, 9.17) is 4.74 Å². The molecule has 0 aliphatic carbocycles. The number of pyridine rings is 1. The first-order chi connectivity index (χ1) is 10.2. The third kappa shape index (κ3) is 2.50. The predicted octanol–water partition coefficient (Wildman–Crippen LogP) is 2.57. The molecule has 0 saturated carbocycles. The van der Waals surface area contributed by atoms with E-state index in [1.54, 1.807) is 12.4 Å². The molecule has 0 saturated heterocycles. The number of hydrogen-bond acceptors (Lipinski definition) is 4. The summed E-state index contributed by atoms with van der Waals surface area (Å²) in [5.74, 6) is 0.403. The molecule has 2 heterocycles. The number of imidazole rings is 1. The van der Waals surface area contributed by atoms with Gasteiger partial charge in [-0.25, -0.2) is 9.78 Å². The van der Waals surface area contributed by atoms with Gasteiger partial charge in [-0.1, -0.05) is 12.1 Å². The molecule has 0 aliphatic rings. The molecule has 0 fully saturated rings. The second-order valence-electron chi connectivity index (χ2n) is 4.80. The van der Waals surface area contributed by atoms with Crippen molar-refractivity contribution in [2.24, 2.45) is 0 Å². The van der Waals surface area contributed by atoms with E-state index < -0.39 is 0 Å². The molecule has 21 heavy (non-hydrogen) atoms. The number of methoxy groups -OCH3 is 1. The van der Waals surface area contributed by atoms with Crippen molar-refractivity contribution in [1.29, 1.82) is 0 Å². The fourth-order valence-electron chi connectivity index (χ4n) is 2.34. The lowest BCUT2D eigenvalue weighted by Crippen LogP contribution is -2.12. The first-order valence-corrected chi connectivity index (χ1v) is 6.63. The maximum atomic E-state index is 11.8. The van der Waals surface area contributed by atoms with E-state index in [1.807, 2.05) is 35.8 Å². The maximum Gasteiger partial charge on any atom is 0.356 e. The smallest absolute Gasteiger partial charge is 0.356 e. The Balaban J connectivity index is 1.98. The number of carbonyl (C=O) groups is 1. The summed E-state index contributed by atoms with van der Waals surface area (Å²) in [7, 11) is 1.37. The molecule has 5 nitrogen and oxygen atoms in total. The van der Waals surface area contributed by atoms with Gasteiger partial charge in [-0.15, -0.1) is 0 Å². The molecule has 1 aromatic carbocycles. The van der Waals surface area contributed by atoms with Gasteiger partial charge in [0.2, 0.25) is 0 Å². The number of esters is 1. The Morgan fingerprint density at radius 3 is 2.95 bits per heavy atom. The van der Waals surface area contributed by atoms with Crippen LogP contribution in [0.2, 0.25) is 0 Å². The number of aromatic nitrogens is 3. The van der Waals surface area contributed by atoms with Crippen LogP contribution in [-0.4, -0.2) is 27.6 Å². The third-order valence-electron chi connectivity index (χ3n) is 3.46. The van der Waals surface area contributed by atoms with Gasteiger partial charge in [0.05, 0.1) is 18.8 Å². The van der Waals surface area contributed by atoms with E-state index in [1.165, 1.54) is 7.11 Å². The Labute approximate surface area is 122 Å². The summed E-state index contributed by atoms with van der Waals surface area (Å²) in [5, 5.41) is 1.08. The van der Waals surface area contributed by atoms with Crippen molar-refractivity contribution < 1.29 is 9.53 Å². The van der Waals surface area contributed by atoms with Gasteiger partial charge in [0.1, 0.15) is 11.5 Å². The standard InChI is InChI=1S/C16H15N3O2/c1-11-18-9-15(16(20)21-2)19(11)10-12-5-6-14-13(8-12)4-3-7-17-14/h3-9H,10H2,1-2H3. The van der Waals surface area contributed by atoms with E-state index >= 15 is 0 Å². The van der Waals surface area contributed by atoms with Crippen molar-refractivity contribution in [2.75, 3.05) is 7.11 Å². The van der Waals surface area contributed by atoms with Crippen LogP contribution in [0.25, 0.3) is 10.9 Å². The lowest BCUT2D eigenvalue weighted by atomic mass is 10.1. The Kier molecular flexibility index (Phi) is 3.39. The van der Waals surface area contributed by atoms with Crippen molar-refractivity contribution in [2.45, 2.75) is 13.5 Å². The van der Waals surface area contributed by atoms with Crippen molar-refractivity contribution in [3.63, 3.8) is 0 Å². The van der Waals surface area contributed by atoms with Gasteiger partial charge < -0.3 is 9.30 Å². The molecule has 0 unspecified atom stereocenters. The number of carbonyl (C=O) groups excluding carboxylic acids is 1. The fourth-order valence-corrected chi connectivity index (χ4v) is 2.34. The van der Waals surface area contributed by atoms with Crippen LogP contribution in [0.15, 0.2) is 42.7 Å². The van der Waals surface area contributed by atoms with Crippen LogP contribution in [0, 0.1) is 6.92 Å². The number of benzene rings is 1.